The maximum absolute atomic E-state index is 13.5. The predicted molar refractivity (Wildman–Crippen MR) is 155 cm³/mol. The van der Waals surface area contributed by atoms with Crippen molar-refractivity contribution in [3.63, 3.8) is 0 Å². The van der Waals surface area contributed by atoms with E-state index in [1.54, 1.807) is 19.1 Å². The lowest BCUT2D eigenvalue weighted by molar-refractivity contribution is -0.147. The van der Waals surface area contributed by atoms with Crippen LogP contribution >= 0.6 is 0 Å². The van der Waals surface area contributed by atoms with E-state index in [-0.39, 0.29) is 12.2 Å². The van der Waals surface area contributed by atoms with Gasteiger partial charge < -0.3 is 9.80 Å². The van der Waals surface area contributed by atoms with Crippen LogP contribution in [0, 0.1) is 28.1 Å². The second-order valence-corrected chi connectivity index (χ2v) is 10.4. The molecule has 17 heteroatoms. The summed E-state index contributed by atoms with van der Waals surface area (Å²) < 4.78 is 57.0. The number of amides is 1. The molecule has 1 saturated heterocycles. The monoisotopic (exact) mass is 606 g/mol. The molecule has 224 valence electrons. The molecule has 0 N–H and O–H groups in total. The van der Waals surface area contributed by atoms with Gasteiger partial charge in [-0.05, 0) is 25.2 Å². The Morgan fingerprint density at radius 2 is 1.70 bits per heavy atom. The number of nitriles is 2. The van der Waals surface area contributed by atoms with Crippen molar-refractivity contribution >= 4 is 46.2 Å². The van der Waals surface area contributed by atoms with E-state index in [0.717, 1.165) is 11.6 Å². The number of fused-ring (bicyclic) bond motifs is 1. The summed E-state index contributed by atoms with van der Waals surface area (Å²) in [6.07, 6.45) is 2.78. The van der Waals surface area contributed by atoms with Crippen LogP contribution in [-0.4, -0.2) is 92.9 Å². The van der Waals surface area contributed by atoms with Gasteiger partial charge in [0.1, 0.15) is 23.9 Å². The zero-order valence-corrected chi connectivity index (χ0v) is 24.0. The van der Waals surface area contributed by atoms with Gasteiger partial charge in [0.2, 0.25) is 5.91 Å². The van der Waals surface area contributed by atoms with Gasteiger partial charge in [0.05, 0.1) is 40.8 Å². The summed E-state index contributed by atoms with van der Waals surface area (Å²) >= 11 is 0. The fourth-order valence-corrected chi connectivity index (χ4v) is 4.36. The van der Waals surface area contributed by atoms with Crippen LogP contribution in [0.5, 0.6) is 0 Å². The van der Waals surface area contributed by atoms with E-state index >= 15 is 0 Å². The molecule has 3 heterocycles. The fraction of sp³-hybridized carbons (Fsp3) is 0.481. The molecule has 6 radical (unpaired) electrons. The van der Waals surface area contributed by atoms with Crippen LogP contribution < -0.4 is 4.90 Å². The van der Waals surface area contributed by atoms with Gasteiger partial charge in [0.25, 0.3) is 6.43 Å². The van der Waals surface area contributed by atoms with Crippen molar-refractivity contribution in [2.45, 2.75) is 57.5 Å². The highest BCUT2D eigenvalue weighted by atomic mass is 19.4. The number of benzene rings is 1. The highest BCUT2D eigenvalue weighted by Gasteiger charge is 2.47. The molecule has 2 atom stereocenters. The third-order valence-corrected chi connectivity index (χ3v) is 6.76. The Hall–Kier alpha value is -4.14. The number of carbonyl (C=O) groups excluding carboxylic acids is 1. The van der Waals surface area contributed by atoms with Crippen LogP contribution in [0.25, 0.3) is 22.2 Å². The van der Waals surface area contributed by atoms with Crippen molar-refractivity contribution in [3.05, 3.63) is 36.3 Å². The van der Waals surface area contributed by atoms with Gasteiger partial charge in [0, 0.05) is 42.7 Å². The van der Waals surface area contributed by atoms with Crippen molar-refractivity contribution in [2.24, 2.45) is 5.41 Å². The van der Waals surface area contributed by atoms with Crippen molar-refractivity contribution in [3.8, 4) is 23.4 Å². The Balaban J connectivity index is 0.000000674. The van der Waals surface area contributed by atoms with E-state index in [4.69, 9.17) is 23.5 Å². The zero-order valence-electron chi connectivity index (χ0n) is 24.0. The second-order valence-electron chi connectivity index (χ2n) is 10.4. The van der Waals surface area contributed by atoms with E-state index in [1.807, 2.05) is 17.0 Å². The van der Waals surface area contributed by atoms with E-state index in [2.05, 4.69) is 15.1 Å². The van der Waals surface area contributed by atoms with Crippen LogP contribution in [-0.2, 0) is 10.0 Å². The quantitative estimate of drug-likeness (QED) is 0.322. The molecular weight excluding hydrogens is 580 g/mol. The number of halogens is 5. The zero-order chi connectivity index (χ0) is 32.8. The summed E-state index contributed by atoms with van der Waals surface area (Å²) in [5.74, 6) is -0.319. The largest absolute Gasteiger partial charge is 0.379 e. The molecule has 1 saturated carbocycles. The molecule has 1 aliphatic heterocycles. The lowest BCUT2D eigenvalue weighted by Gasteiger charge is -2.42. The van der Waals surface area contributed by atoms with Gasteiger partial charge in [-0.1, -0.05) is 31.4 Å². The van der Waals surface area contributed by atoms with Gasteiger partial charge in [-0.2, -0.15) is 28.8 Å². The summed E-state index contributed by atoms with van der Waals surface area (Å²) in [5, 5.41) is 21.8. The van der Waals surface area contributed by atoms with Crippen molar-refractivity contribution < 1.29 is 26.7 Å². The highest BCUT2D eigenvalue weighted by molar-refractivity contribution is 6.56. The minimum Gasteiger partial charge on any atom is -0.352 e. The molecule has 0 bridgehead atoms. The molecule has 2 fully saturated rings. The molecule has 5 rings (SSSR count). The molecular formula is C27H26B3F5N8O. The Bertz CT molecular complexity index is 1550. The molecule has 1 amide bonds. The summed E-state index contributed by atoms with van der Waals surface area (Å²) in [6, 6.07) is 9.85. The van der Waals surface area contributed by atoms with E-state index < -0.39 is 35.7 Å². The van der Waals surface area contributed by atoms with Crippen LogP contribution in [0.2, 0.25) is 0 Å². The van der Waals surface area contributed by atoms with Crippen LogP contribution in [0.15, 0.2) is 30.6 Å². The van der Waals surface area contributed by atoms with Crippen molar-refractivity contribution in [2.75, 3.05) is 24.5 Å². The number of hydrogen-bond donors (Lipinski definition) is 0. The Morgan fingerprint density at radius 1 is 1.07 bits per heavy atom. The first-order valence-corrected chi connectivity index (χ1v) is 13.4. The number of piperazine rings is 1. The number of alkyl halides is 5. The number of nitrogens with zero attached hydrogens (tertiary/aromatic N) is 8. The smallest absolute Gasteiger partial charge is 0.352 e. The Labute approximate surface area is 255 Å². The first-order chi connectivity index (χ1) is 20.6. The molecule has 9 nitrogen and oxygen atoms in total. The van der Waals surface area contributed by atoms with Gasteiger partial charge in [0.15, 0.2) is 5.41 Å². The second kappa shape index (κ2) is 14.1. The number of aromatic nitrogens is 4. The third-order valence-electron chi connectivity index (χ3n) is 6.76. The topological polar surface area (TPSA) is 115 Å². The molecule has 0 spiro atoms. The number of anilines is 1. The van der Waals surface area contributed by atoms with E-state index in [9.17, 15) is 37.3 Å². The molecule has 2 unspecified atom stereocenters. The van der Waals surface area contributed by atoms with E-state index in [1.165, 1.54) is 42.6 Å². The normalized spacial score (nSPS) is 17.5. The minimum atomic E-state index is -3.67. The van der Waals surface area contributed by atoms with Crippen molar-refractivity contribution in [1.82, 2.24) is 24.6 Å². The molecule has 1 aliphatic carbocycles. The highest BCUT2D eigenvalue weighted by Crippen LogP contribution is 2.34. The average molecular weight is 606 g/mol. The van der Waals surface area contributed by atoms with Crippen LogP contribution in [0.4, 0.5) is 27.8 Å². The van der Waals surface area contributed by atoms with Crippen LogP contribution in [0.1, 0.15) is 38.8 Å². The summed E-state index contributed by atoms with van der Waals surface area (Å²) in [4.78, 5) is 24.9. The van der Waals surface area contributed by atoms with Gasteiger partial charge >= 0.3 is 6.68 Å². The van der Waals surface area contributed by atoms with Gasteiger partial charge in [-0.15, -0.1) is 0 Å². The molecule has 3 aromatic rings. The maximum atomic E-state index is 13.5. The van der Waals surface area contributed by atoms with Gasteiger partial charge in [-0.3, -0.25) is 9.48 Å². The molecule has 1 aromatic carbocycles. The minimum absolute atomic E-state index is 0.0663. The average Bonchev–Trinajstić information content (AvgIpc) is 3.79. The molecule has 44 heavy (non-hydrogen) atoms. The Morgan fingerprint density at radius 3 is 2.18 bits per heavy atom. The third kappa shape index (κ3) is 7.87. The number of carbonyl (C=O) groups is 1. The number of hydrogen-bond acceptors (Lipinski definition) is 7. The first-order valence-electron chi connectivity index (χ1n) is 13.4. The molecule has 2 aliphatic rings. The van der Waals surface area contributed by atoms with Crippen molar-refractivity contribution in [1.29, 1.82) is 10.5 Å². The maximum Gasteiger partial charge on any atom is 0.379 e. The number of rotatable bonds is 5. The molecule has 2 aromatic heterocycles. The first kappa shape index (κ1) is 34.4. The van der Waals surface area contributed by atoms with E-state index in [0.29, 0.717) is 41.1 Å². The summed E-state index contributed by atoms with van der Waals surface area (Å²) in [5.41, 5.74) is -0.837. The standard InChI is InChI=1S/C23H19B3F2N8O.C3H6.CHF3/c1-13-10-34(6-7-35(13)21(37)22(2,11-30)20(27)28)19-16-5-3-4-15(18(16)31-12-32-19)17-8-14(9-29)36(33-17)23(24,25)26;1-2-3-1;2-1(3)4/h3-5,8,12-13,20H,6-7,10H2,1-2H3;1-3H2;1H. The Kier molecular flexibility index (Phi) is 11.0. The lowest BCUT2D eigenvalue weighted by atomic mass is 9.49. The SMILES string of the molecule is C1CC1.FC(F)F.[B]C([B])([B])n1nc(-c2cccc3c(N4CCN(C(=O)C(C)(C#N)C(F)F)C(C)C4)ncnc23)cc1C#N. The lowest BCUT2D eigenvalue weighted by Crippen LogP contribution is -2.58. The summed E-state index contributed by atoms with van der Waals surface area (Å²) in [6.45, 7) is -0.230. The van der Waals surface area contributed by atoms with Crippen LogP contribution in [0.3, 0.4) is 0 Å². The van der Waals surface area contributed by atoms with Gasteiger partial charge in [-0.25, -0.2) is 18.7 Å². The fourth-order valence-electron chi connectivity index (χ4n) is 4.36. The number of para-hydroxylation sites is 1. The summed E-state index contributed by atoms with van der Waals surface area (Å²) in [7, 11) is 17.2. The predicted octanol–water partition coefficient (Wildman–Crippen LogP) is 3.62.